The zero-order chi connectivity index (χ0) is 12.6. The molecule has 1 saturated carbocycles. The van der Waals surface area contributed by atoms with Gasteiger partial charge in [-0.05, 0) is 43.2 Å². The van der Waals surface area contributed by atoms with Crippen LogP contribution in [0.5, 0.6) is 0 Å². The van der Waals surface area contributed by atoms with Crippen LogP contribution in [-0.2, 0) is 0 Å². The predicted molar refractivity (Wildman–Crippen MR) is 72.8 cm³/mol. The van der Waals surface area contributed by atoms with Crippen LogP contribution in [0.4, 0.5) is 5.95 Å². The summed E-state index contributed by atoms with van der Waals surface area (Å²) in [6, 6.07) is 4.06. The van der Waals surface area contributed by atoms with E-state index in [0.29, 0.717) is 5.41 Å². The van der Waals surface area contributed by atoms with Crippen molar-refractivity contribution in [2.24, 2.45) is 5.41 Å². The maximum atomic E-state index is 4.54. The van der Waals surface area contributed by atoms with Crippen molar-refractivity contribution < 1.29 is 0 Å². The second-order valence-corrected chi connectivity index (χ2v) is 5.50. The summed E-state index contributed by atoms with van der Waals surface area (Å²) in [7, 11) is 0. The van der Waals surface area contributed by atoms with Crippen molar-refractivity contribution in [3.63, 3.8) is 0 Å². The van der Waals surface area contributed by atoms with Gasteiger partial charge in [-0.15, -0.1) is 5.10 Å². The quantitative estimate of drug-likeness (QED) is 0.879. The molecule has 0 unspecified atom stereocenters. The fourth-order valence-corrected chi connectivity index (χ4v) is 2.60. The van der Waals surface area contributed by atoms with Gasteiger partial charge in [-0.25, -0.2) is 4.52 Å². The third kappa shape index (κ3) is 2.07. The Labute approximate surface area is 107 Å². The Morgan fingerprint density at radius 3 is 2.94 bits per heavy atom. The Bertz CT molecular complexity index is 554. The molecule has 0 atom stereocenters. The topological polar surface area (TPSA) is 42.2 Å². The summed E-state index contributed by atoms with van der Waals surface area (Å²) in [6.45, 7) is 5.33. The first-order valence-corrected chi connectivity index (χ1v) is 6.78. The van der Waals surface area contributed by atoms with E-state index >= 15 is 0 Å². The van der Waals surface area contributed by atoms with Crippen molar-refractivity contribution in [3.8, 4) is 0 Å². The molecular weight excluding hydrogens is 224 g/mol. The van der Waals surface area contributed by atoms with Crippen LogP contribution in [0, 0.1) is 12.3 Å². The minimum absolute atomic E-state index is 0.529. The molecule has 96 valence electrons. The van der Waals surface area contributed by atoms with Gasteiger partial charge in [0.25, 0.3) is 0 Å². The first-order valence-electron chi connectivity index (χ1n) is 6.78. The molecule has 0 aliphatic heterocycles. The second kappa shape index (κ2) is 4.26. The van der Waals surface area contributed by atoms with E-state index in [1.807, 2.05) is 16.8 Å². The van der Waals surface area contributed by atoms with Crippen molar-refractivity contribution in [2.75, 3.05) is 11.9 Å². The van der Waals surface area contributed by atoms with Gasteiger partial charge in [0.1, 0.15) is 0 Å². The van der Waals surface area contributed by atoms with Crippen LogP contribution in [0.25, 0.3) is 5.65 Å². The number of pyridine rings is 1. The number of rotatable bonds is 5. The van der Waals surface area contributed by atoms with Gasteiger partial charge in [0, 0.05) is 12.7 Å². The second-order valence-electron chi connectivity index (χ2n) is 5.50. The van der Waals surface area contributed by atoms with Gasteiger partial charge >= 0.3 is 0 Å². The maximum Gasteiger partial charge on any atom is 0.243 e. The summed E-state index contributed by atoms with van der Waals surface area (Å²) < 4.78 is 1.84. The van der Waals surface area contributed by atoms with E-state index in [2.05, 4.69) is 35.3 Å². The number of nitrogens with zero attached hydrogens (tertiary/aromatic N) is 3. The van der Waals surface area contributed by atoms with E-state index in [0.717, 1.165) is 23.7 Å². The lowest BCUT2D eigenvalue weighted by Gasteiger charge is -2.13. The lowest BCUT2D eigenvalue weighted by atomic mass is 10.0. The van der Waals surface area contributed by atoms with Crippen molar-refractivity contribution in [1.82, 2.24) is 14.6 Å². The van der Waals surface area contributed by atoms with Crippen LogP contribution in [0.15, 0.2) is 18.3 Å². The zero-order valence-electron chi connectivity index (χ0n) is 11.1. The Morgan fingerprint density at radius 1 is 1.44 bits per heavy atom. The van der Waals surface area contributed by atoms with Gasteiger partial charge in [-0.3, -0.25) is 0 Å². The summed E-state index contributed by atoms with van der Waals surface area (Å²) >= 11 is 0. The number of fused-ring (bicyclic) bond motifs is 1. The molecule has 18 heavy (non-hydrogen) atoms. The fourth-order valence-electron chi connectivity index (χ4n) is 2.60. The van der Waals surface area contributed by atoms with Gasteiger partial charge < -0.3 is 5.32 Å². The summed E-state index contributed by atoms with van der Waals surface area (Å²) in [5, 5.41) is 7.86. The Morgan fingerprint density at radius 2 is 2.28 bits per heavy atom. The van der Waals surface area contributed by atoms with Gasteiger partial charge in [-0.1, -0.05) is 19.4 Å². The zero-order valence-corrected chi connectivity index (χ0v) is 11.1. The third-order valence-electron chi connectivity index (χ3n) is 3.92. The SMILES string of the molecule is CCCC1(CNc2nc3c(C)cccn3n2)CC1. The Kier molecular flexibility index (Phi) is 2.73. The number of hydrogen-bond donors (Lipinski definition) is 1. The Hall–Kier alpha value is -1.58. The number of anilines is 1. The average molecular weight is 244 g/mol. The highest BCUT2D eigenvalue weighted by Crippen LogP contribution is 2.49. The Balaban J connectivity index is 1.73. The number of aryl methyl sites for hydroxylation is 1. The normalized spacial score (nSPS) is 17.0. The van der Waals surface area contributed by atoms with Crippen LogP contribution in [-0.4, -0.2) is 21.1 Å². The smallest absolute Gasteiger partial charge is 0.243 e. The van der Waals surface area contributed by atoms with E-state index in [1.165, 1.54) is 25.7 Å². The molecule has 3 rings (SSSR count). The number of nitrogens with one attached hydrogen (secondary N) is 1. The summed E-state index contributed by atoms with van der Waals surface area (Å²) in [5.74, 6) is 0.756. The van der Waals surface area contributed by atoms with Gasteiger partial charge in [0.2, 0.25) is 5.95 Å². The largest absolute Gasteiger partial charge is 0.352 e. The molecule has 1 fully saturated rings. The molecule has 0 aromatic carbocycles. The molecule has 0 bridgehead atoms. The van der Waals surface area contributed by atoms with Crippen LogP contribution in [0.1, 0.15) is 38.2 Å². The van der Waals surface area contributed by atoms with Crippen molar-refractivity contribution >= 4 is 11.6 Å². The van der Waals surface area contributed by atoms with Crippen LogP contribution in [0.2, 0.25) is 0 Å². The summed E-state index contributed by atoms with van der Waals surface area (Å²) in [4.78, 5) is 4.54. The standard InChI is InChI=1S/C14H20N4/c1-3-6-14(7-8-14)10-15-13-16-12-11(2)5-4-9-18(12)17-13/h4-5,9H,3,6-8,10H2,1-2H3,(H,15,17). The average Bonchev–Trinajstić information content (AvgIpc) is 2.98. The minimum atomic E-state index is 0.529. The first-order chi connectivity index (χ1) is 8.72. The molecule has 4 heteroatoms. The van der Waals surface area contributed by atoms with Gasteiger partial charge in [0.05, 0.1) is 0 Å². The molecule has 0 amide bonds. The van der Waals surface area contributed by atoms with Crippen LogP contribution in [0.3, 0.4) is 0 Å². The molecule has 2 aromatic rings. The third-order valence-corrected chi connectivity index (χ3v) is 3.92. The van der Waals surface area contributed by atoms with Crippen molar-refractivity contribution in [3.05, 3.63) is 23.9 Å². The highest BCUT2D eigenvalue weighted by molar-refractivity contribution is 5.49. The molecular formula is C14H20N4. The number of aromatic nitrogens is 3. The van der Waals surface area contributed by atoms with Crippen molar-refractivity contribution in [1.29, 1.82) is 0 Å². The molecule has 2 aromatic heterocycles. The highest BCUT2D eigenvalue weighted by Gasteiger charge is 2.41. The molecule has 0 radical (unpaired) electrons. The van der Waals surface area contributed by atoms with E-state index in [-0.39, 0.29) is 0 Å². The molecule has 0 saturated heterocycles. The molecule has 1 aliphatic carbocycles. The maximum absolute atomic E-state index is 4.54. The lowest BCUT2D eigenvalue weighted by molar-refractivity contribution is 0.484. The van der Waals surface area contributed by atoms with E-state index < -0.39 is 0 Å². The van der Waals surface area contributed by atoms with E-state index in [4.69, 9.17) is 0 Å². The lowest BCUT2D eigenvalue weighted by Crippen LogP contribution is -2.15. The van der Waals surface area contributed by atoms with E-state index in [9.17, 15) is 0 Å². The summed E-state index contributed by atoms with van der Waals surface area (Å²) in [6.07, 6.45) is 7.21. The van der Waals surface area contributed by atoms with Crippen molar-refractivity contribution in [2.45, 2.75) is 39.5 Å². The minimum Gasteiger partial charge on any atom is -0.352 e. The first kappa shape index (κ1) is 11.5. The molecule has 4 nitrogen and oxygen atoms in total. The van der Waals surface area contributed by atoms with Gasteiger partial charge in [-0.2, -0.15) is 4.98 Å². The monoisotopic (exact) mass is 244 g/mol. The summed E-state index contributed by atoms with van der Waals surface area (Å²) in [5.41, 5.74) is 2.63. The predicted octanol–water partition coefficient (Wildman–Crippen LogP) is 3.03. The highest BCUT2D eigenvalue weighted by atomic mass is 15.3. The fraction of sp³-hybridized carbons (Fsp3) is 0.571. The molecule has 1 aliphatic rings. The molecule has 2 heterocycles. The van der Waals surface area contributed by atoms with Gasteiger partial charge in [0.15, 0.2) is 5.65 Å². The van der Waals surface area contributed by atoms with E-state index in [1.54, 1.807) is 0 Å². The molecule has 1 N–H and O–H groups in total. The van der Waals surface area contributed by atoms with Crippen LogP contribution >= 0.6 is 0 Å². The number of hydrogen-bond acceptors (Lipinski definition) is 3. The molecule has 0 spiro atoms. The van der Waals surface area contributed by atoms with Crippen LogP contribution < -0.4 is 5.32 Å².